The molecule has 0 fully saturated rings. The third-order valence-corrected chi connectivity index (χ3v) is 4.07. The van der Waals surface area contributed by atoms with Gasteiger partial charge in [0.2, 0.25) is 0 Å². The first-order valence-electron chi connectivity index (χ1n) is 8.06. The fraction of sp³-hybridized carbons (Fsp3) is 0.0476. The maximum atomic E-state index is 13.1. The number of aryl methyl sites for hydroxylation is 1. The summed E-state index contributed by atoms with van der Waals surface area (Å²) in [6.45, 7) is 1.94. The quantitative estimate of drug-likeness (QED) is 0.526. The molecule has 122 valence electrons. The van der Waals surface area contributed by atoms with Gasteiger partial charge in [-0.25, -0.2) is 14.1 Å². The zero-order chi connectivity index (χ0) is 17.2. The van der Waals surface area contributed by atoms with Crippen molar-refractivity contribution in [1.82, 2.24) is 14.8 Å². The first-order valence-corrected chi connectivity index (χ1v) is 8.06. The van der Waals surface area contributed by atoms with Gasteiger partial charge in [-0.3, -0.25) is 0 Å². The standard InChI is InChI=1S/C21H16FN3/c1-15-23-21(24-25(15)20-8-3-2-4-9-20)18-7-5-6-17(14-18)16-10-12-19(22)13-11-16/h2-14H,1H3. The molecule has 0 N–H and O–H groups in total. The van der Waals surface area contributed by atoms with Gasteiger partial charge in [-0.05, 0) is 48.4 Å². The number of para-hydroxylation sites is 1. The van der Waals surface area contributed by atoms with Crippen molar-refractivity contribution in [2.45, 2.75) is 6.92 Å². The summed E-state index contributed by atoms with van der Waals surface area (Å²) < 4.78 is 15.0. The fourth-order valence-electron chi connectivity index (χ4n) is 2.81. The number of rotatable bonds is 3. The molecule has 0 amide bonds. The molecule has 0 aliphatic rings. The molecule has 4 aromatic rings. The second kappa shape index (κ2) is 6.32. The predicted molar refractivity (Wildman–Crippen MR) is 96.9 cm³/mol. The monoisotopic (exact) mass is 329 g/mol. The third kappa shape index (κ3) is 3.06. The van der Waals surface area contributed by atoms with Gasteiger partial charge in [-0.1, -0.05) is 48.5 Å². The minimum Gasteiger partial charge on any atom is -0.218 e. The Morgan fingerprint density at radius 2 is 1.48 bits per heavy atom. The van der Waals surface area contributed by atoms with Gasteiger partial charge in [0, 0.05) is 5.56 Å². The number of nitrogens with zero attached hydrogens (tertiary/aromatic N) is 3. The van der Waals surface area contributed by atoms with E-state index >= 15 is 0 Å². The summed E-state index contributed by atoms with van der Waals surface area (Å²) in [5.41, 5.74) is 3.88. The van der Waals surface area contributed by atoms with Gasteiger partial charge in [-0.2, -0.15) is 0 Å². The molecule has 0 spiro atoms. The summed E-state index contributed by atoms with van der Waals surface area (Å²) in [6, 6.07) is 24.4. The van der Waals surface area contributed by atoms with Crippen LogP contribution in [-0.4, -0.2) is 14.8 Å². The number of hydrogen-bond donors (Lipinski definition) is 0. The maximum Gasteiger partial charge on any atom is 0.181 e. The lowest BCUT2D eigenvalue weighted by Gasteiger charge is -2.04. The molecule has 0 radical (unpaired) electrons. The van der Waals surface area contributed by atoms with Crippen molar-refractivity contribution in [3.05, 3.63) is 90.5 Å². The SMILES string of the molecule is Cc1nc(-c2cccc(-c3ccc(F)cc3)c2)nn1-c1ccccc1. The number of benzene rings is 3. The Morgan fingerprint density at radius 3 is 2.24 bits per heavy atom. The highest BCUT2D eigenvalue weighted by Crippen LogP contribution is 2.25. The lowest BCUT2D eigenvalue weighted by atomic mass is 10.0. The summed E-state index contributed by atoms with van der Waals surface area (Å²) in [5.74, 6) is 1.26. The molecule has 0 unspecified atom stereocenters. The number of halogens is 1. The highest BCUT2D eigenvalue weighted by atomic mass is 19.1. The van der Waals surface area contributed by atoms with Crippen molar-refractivity contribution < 1.29 is 4.39 Å². The van der Waals surface area contributed by atoms with Crippen LogP contribution in [0, 0.1) is 12.7 Å². The Kier molecular flexibility index (Phi) is 3.86. The van der Waals surface area contributed by atoms with Crippen molar-refractivity contribution in [3.63, 3.8) is 0 Å². The van der Waals surface area contributed by atoms with E-state index in [1.165, 1.54) is 12.1 Å². The molecule has 3 aromatic carbocycles. The van der Waals surface area contributed by atoms with Gasteiger partial charge < -0.3 is 0 Å². The minimum absolute atomic E-state index is 0.237. The predicted octanol–water partition coefficient (Wildman–Crippen LogP) is 5.05. The van der Waals surface area contributed by atoms with Crippen molar-refractivity contribution in [2.75, 3.05) is 0 Å². The van der Waals surface area contributed by atoms with Crippen LogP contribution < -0.4 is 0 Å². The Morgan fingerprint density at radius 1 is 0.760 bits per heavy atom. The highest BCUT2D eigenvalue weighted by Gasteiger charge is 2.10. The van der Waals surface area contributed by atoms with Gasteiger partial charge in [0.25, 0.3) is 0 Å². The third-order valence-electron chi connectivity index (χ3n) is 4.07. The van der Waals surface area contributed by atoms with E-state index < -0.39 is 0 Å². The lowest BCUT2D eigenvalue weighted by molar-refractivity contribution is 0.628. The van der Waals surface area contributed by atoms with Crippen LogP contribution in [-0.2, 0) is 0 Å². The van der Waals surface area contributed by atoms with Crippen molar-refractivity contribution in [1.29, 1.82) is 0 Å². The highest BCUT2D eigenvalue weighted by molar-refractivity contribution is 5.70. The van der Waals surface area contributed by atoms with E-state index in [4.69, 9.17) is 0 Å². The van der Waals surface area contributed by atoms with Gasteiger partial charge in [0.15, 0.2) is 5.82 Å². The molecule has 0 saturated carbocycles. The topological polar surface area (TPSA) is 30.7 Å². The average molecular weight is 329 g/mol. The summed E-state index contributed by atoms with van der Waals surface area (Å²) in [5, 5.41) is 4.64. The van der Waals surface area contributed by atoms with E-state index in [2.05, 4.69) is 10.1 Å². The normalized spacial score (nSPS) is 10.8. The molecule has 0 bridgehead atoms. The van der Waals surface area contributed by atoms with E-state index in [9.17, 15) is 4.39 Å². The Labute approximate surface area is 145 Å². The molecule has 1 aromatic heterocycles. The fourth-order valence-corrected chi connectivity index (χ4v) is 2.81. The van der Waals surface area contributed by atoms with Gasteiger partial charge in [-0.15, -0.1) is 5.10 Å². The molecule has 4 heteroatoms. The smallest absolute Gasteiger partial charge is 0.181 e. The van der Waals surface area contributed by atoms with Crippen molar-refractivity contribution in [2.24, 2.45) is 0 Å². The molecule has 0 aliphatic carbocycles. The van der Waals surface area contributed by atoms with E-state index in [0.29, 0.717) is 5.82 Å². The van der Waals surface area contributed by atoms with E-state index in [1.807, 2.05) is 66.2 Å². The molecule has 0 atom stereocenters. The molecule has 0 saturated heterocycles. The van der Waals surface area contributed by atoms with Crippen LogP contribution in [0.4, 0.5) is 4.39 Å². The molecule has 1 heterocycles. The first kappa shape index (κ1) is 15.3. The zero-order valence-electron chi connectivity index (χ0n) is 13.7. The lowest BCUT2D eigenvalue weighted by Crippen LogP contribution is -1.98. The molecule has 25 heavy (non-hydrogen) atoms. The summed E-state index contributed by atoms with van der Waals surface area (Å²) >= 11 is 0. The van der Waals surface area contributed by atoms with E-state index in [1.54, 1.807) is 12.1 Å². The minimum atomic E-state index is -0.237. The van der Waals surface area contributed by atoms with Crippen LogP contribution in [0.3, 0.4) is 0 Å². The second-order valence-corrected chi connectivity index (χ2v) is 5.82. The molecule has 0 aliphatic heterocycles. The second-order valence-electron chi connectivity index (χ2n) is 5.82. The molecule has 3 nitrogen and oxygen atoms in total. The molecular weight excluding hydrogens is 313 g/mol. The van der Waals surface area contributed by atoms with Crippen LogP contribution >= 0.6 is 0 Å². The summed E-state index contributed by atoms with van der Waals surface area (Å²) in [4.78, 5) is 4.60. The summed E-state index contributed by atoms with van der Waals surface area (Å²) in [7, 11) is 0. The Bertz CT molecular complexity index is 1010. The van der Waals surface area contributed by atoms with Crippen LogP contribution in [0.2, 0.25) is 0 Å². The van der Waals surface area contributed by atoms with E-state index in [0.717, 1.165) is 28.2 Å². The van der Waals surface area contributed by atoms with Crippen molar-refractivity contribution >= 4 is 0 Å². The van der Waals surface area contributed by atoms with Crippen LogP contribution in [0.25, 0.3) is 28.2 Å². The largest absolute Gasteiger partial charge is 0.218 e. The number of hydrogen-bond acceptors (Lipinski definition) is 2. The zero-order valence-corrected chi connectivity index (χ0v) is 13.7. The Hall–Kier alpha value is -3.27. The van der Waals surface area contributed by atoms with E-state index in [-0.39, 0.29) is 5.82 Å². The van der Waals surface area contributed by atoms with Gasteiger partial charge in [0.1, 0.15) is 11.6 Å². The number of aromatic nitrogens is 3. The van der Waals surface area contributed by atoms with Crippen LogP contribution in [0.5, 0.6) is 0 Å². The maximum absolute atomic E-state index is 13.1. The Balaban J connectivity index is 1.74. The average Bonchev–Trinajstić information content (AvgIpc) is 3.05. The van der Waals surface area contributed by atoms with Crippen LogP contribution in [0.15, 0.2) is 78.9 Å². The van der Waals surface area contributed by atoms with Crippen LogP contribution in [0.1, 0.15) is 5.82 Å². The molecular formula is C21H16FN3. The summed E-state index contributed by atoms with van der Waals surface area (Å²) in [6.07, 6.45) is 0. The van der Waals surface area contributed by atoms with Gasteiger partial charge in [0.05, 0.1) is 5.69 Å². The first-order chi connectivity index (χ1) is 12.2. The van der Waals surface area contributed by atoms with Crippen molar-refractivity contribution in [3.8, 4) is 28.2 Å². The van der Waals surface area contributed by atoms with Gasteiger partial charge >= 0.3 is 0 Å². The molecule has 4 rings (SSSR count).